The van der Waals surface area contributed by atoms with E-state index in [1.165, 1.54) is 10.1 Å². The second-order valence-corrected chi connectivity index (χ2v) is 4.64. The Morgan fingerprint density at radius 1 is 1.27 bits per heavy atom. The molecule has 0 saturated heterocycles. The maximum atomic E-state index is 4.47. The fourth-order valence-electron chi connectivity index (χ4n) is 1.68. The Hall–Kier alpha value is -1.48. The Labute approximate surface area is 92.0 Å². The van der Waals surface area contributed by atoms with Gasteiger partial charge in [-0.05, 0) is 13.0 Å². The van der Waals surface area contributed by atoms with E-state index in [4.69, 9.17) is 0 Å². The number of nitrogens with zero attached hydrogens (tertiary/aromatic N) is 2. The standard InChI is InChI=1S/C12H10N2S/c1-8-6-14-12-10(7-13-8)9-4-2-3-5-11(9)15-12/h2-8H,1H3. The molecule has 2 aromatic rings. The second kappa shape index (κ2) is 3.28. The lowest BCUT2D eigenvalue weighted by atomic mass is 10.2. The van der Waals surface area contributed by atoms with Crippen LogP contribution >= 0.6 is 11.3 Å². The fourth-order valence-corrected chi connectivity index (χ4v) is 2.71. The van der Waals surface area contributed by atoms with E-state index in [-0.39, 0.29) is 6.04 Å². The van der Waals surface area contributed by atoms with Gasteiger partial charge in [-0.15, -0.1) is 11.3 Å². The molecule has 1 aliphatic heterocycles. The molecular weight excluding hydrogens is 204 g/mol. The Morgan fingerprint density at radius 2 is 2.13 bits per heavy atom. The third-order valence-electron chi connectivity index (χ3n) is 2.46. The summed E-state index contributed by atoms with van der Waals surface area (Å²) in [7, 11) is 0. The van der Waals surface area contributed by atoms with Crippen LogP contribution in [0.3, 0.4) is 0 Å². The molecule has 15 heavy (non-hydrogen) atoms. The molecule has 1 aliphatic rings. The van der Waals surface area contributed by atoms with Crippen LogP contribution in [0.25, 0.3) is 10.1 Å². The quantitative estimate of drug-likeness (QED) is 0.642. The lowest BCUT2D eigenvalue weighted by Crippen LogP contribution is -1.96. The van der Waals surface area contributed by atoms with Gasteiger partial charge in [0.2, 0.25) is 0 Å². The molecule has 0 N–H and O–H groups in total. The van der Waals surface area contributed by atoms with Crippen molar-refractivity contribution in [2.24, 2.45) is 9.98 Å². The summed E-state index contributed by atoms with van der Waals surface area (Å²) in [5, 5.41) is 2.33. The molecule has 0 radical (unpaired) electrons. The van der Waals surface area contributed by atoms with Crippen molar-refractivity contribution >= 4 is 38.9 Å². The first kappa shape index (κ1) is 8.80. The van der Waals surface area contributed by atoms with E-state index in [9.17, 15) is 0 Å². The van der Waals surface area contributed by atoms with Gasteiger partial charge in [-0.2, -0.15) is 0 Å². The van der Waals surface area contributed by atoms with Crippen LogP contribution in [0.15, 0.2) is 34.3 Å². The lowest BCUT2D eigenvalue weighted by molar-refractivity contribution is 1.01. The van der Waals surface area contributed by atoms with E-state index in [2.05, 4.69) is 34.3 Å². The molecule has 3 rings (SSSR count). The largest absolute Gasteiger partial charge is 0.284 e. The second-order valence-electron chi connectivity index (χ2n) is 3.61. The van der Waals surface area contributed by atoms with Gasteiger partial charge in [0.05, 0.1) is 6.04 Å². The highest BCUT2D eigenvalue weighted by Gasteiger charge is 2.11. The van der Waals surface area contributed by atoms with Gasteiger partial charge in [0.25, 0.3) is 0 Å². The molecule has 3 heteroatoms. The zero-order valence-corrected chi connectivity index (χ0v) is 9.16. The van der Waals surface area contributed by atoms with Gasteiger partial charge in [-0.1, -0.05) is 18.2 Å². The van der Waals surface area contributed by atoms with Crippen molar-refractivity contribution in [1.29, 1.82) is 0 Å². The van der Waals surface area contributed by atoms with Gasteiger partial charge >= 0.3 is 0 Å². The summed E-state index contributed by atoms with van der Waals surface area (Å²) in [6.07, 6.45) is 3.85. The Bertz CT molecular complexity index is 566. The van der Waals surface area contributed by atoms with Crippen LogP contribution in [0.2, 0.25) is 0 Å². The number of hydrogen-bond donors (Lipinski definition) is 0. The van der Waals surface area contributed by atoms with Crippen LogP contribution in [0.5, 0.6) is 0 Å². The monoisotopic (exact) mass is 214 g/mol. The third kappa shape index (κ3) is 1.39. The summed E-state index contributed by atoms with van der Waals surface area (Å²) in [5.41, 5.74) is 1.16. The molecule has 0 spiro atoms. The highest BCUT2D eigenvalue weighted by Crippen LogP contribution is 2.37. The van der Waals surface area contributed by atoms with Crippen molar-refractivity contribution in [2.75, 3.05) is 0 Å². The number of benzene rings is 1. The van der Waals surface area contributed by atoms with Crippen LogP contribution in [-0.4, -0.2) is 18.5 Å². The van der Waals surface area contributed by atoms with E-state index >= 15 is 0 Å². The van der Waals surface area contributed by atoms with Crippen LogP contribution in [0.4, 0.5) is 5.00 Å². The first-order valence-electron chi connectivity index (χ1n) is 4.93. The van der Waals surface area contributed by atoms with Crippen molar-refractivity contribution in [3.63, 3.8) is 0 Å². The number of aliphatic imine (C=N–C) groups is 2. The third-order valence-corrected chi connectivity index (χ3v) is 3.56. The highest BCUT2D eigenvalue weighted by molar-refractivity contribution is 7.23. The topological polar surface area (TPSA) is 24.7 Å². The number of fused-ring (bicyclic) bond motifs is 3. The first-order valence-corrected chi connectivity index (χ1v) is 5.75. The first-order chi connectivity index (χ1) is 7.34. The summed E-state index contributed by atoms with van der Waals surface area (Å²) in [6, 6.07) is 8.55. The number of hydrogen-bond acceptors (Lipinski definition) is 3. The lowest BCUT2D eigenvalue weighted by Gasteiger charge is -1.92. The van der Waals surface area contributed by atoms with E-state index in [1.54, 1.807) is 11.3 Å². The average Bonchev–Trinajstić information content (AvgIpc) is 2.51. The molecule has 0 amide bonds. The molecule has 1 unspecified atom stereocenters. The molecule has 2 heterocycles. The molecule has 1 atom stereocenters. The zero-order valence-electron chi connectivity index (χ0n) is 8.34. The predicted molar refractivity (Wildman–Crippen MR) is 67.0 cm³/mol. The molecule has 2 nitrogen and oxygen atoms in total. The van der Waals surface area contributed by atoms with Crippen LogP contribution in [0.1, 0.15) is 12.5 Å². The Kier molecular flexibility index (Phi) is 1.92. The molecule has 1 aromatic heterocycles. The molecule has 0 aliphatic carbocycles. The van der Waals surface area contributed by atoms with Crippen LogP contribution in [-0.2, 0) is 0 Å². The Morgan fingerprint density at radius 3 is 3.07 bits per heavy atom. The number of rotatable bonds is 0. The van der Waals surface area contributed by atoms with Crippen LogP contribution in [0, 0.1) is 0 Å². The Balaban J connectivity index is 2.33. The molecule has 1 aromatic carbocycles. The van der Waals surface area contributed by atoms with E-state index in [0.717, 1.165) is 10.6 Å². The van der Waals surface area contributed by atoms with Gasteiger partial charge < -0.3 is 0 Å². The summed E-state index contributed by atoms with van der Waals surface area (Å²) in [4.78, 5) is 8.89. The molecule has 0 saturated carbocycles. The van der Waals surface area contributed by atoms with Gasteiger partial charge in [0, 0.05) is 28.1 Å². The summed E-state index contributed by atoms with van der Waals surface area (Å²) in [5.74, 6) is 0. The van der Waals surface area contributed by atoms with Gasteiger partial charge in [-0.25, -0.2) is 4.99 Å². The van der Waals surface area contributed by atoms with Crippen molar-refractivity contribution in [3.8, 4) is 0 Å². The summed E-state index contributed by atoms with van der Waals surface area (Å²) < 4.78 is 1.28. The molecule has 74 valence electrons. The minimum Gasteiger partial charge on any atom is -0.284 e. The maximum Gasteiger partial charge on any atom is 0.125 e. The minimum absolute atomic E-state index is 0.184. The molecule has 0 fully saturated rings. The average molecular weight is 214 g/mol. The number of thiophene rings is 1. The smallest absolute Gasteiger partial charge is 0.125 e. The zero-order chi connectivity index (χ0) is 10.3. The van der Waals surface area contributed by atoms with E-state index < -0.39 is 0 Å². The highest BCUT2D eigenvalue weighted by atomic mass is 32.1. The summed E-state index contributed by atoms with van der Waals surface area (Å²) >= 11 is 1.73. The minimum atomic E-state index is 0.184. The van der Waals surface area contributed by atoms with Crippen LogP contribution < -0.4 is 0 Å². The SMILES string of the molecule is CC1C=Nc2sc3ccccc3c2C=N1. The van der Waals surface area contributed by atoms with Crippen molar-refractivity contribution < 1.29 is 0 Å². The van der Waals surface area contributed by atoms with Crippen molar-refractivity contribution in [1.82, 2.24) is 0 Å². The van der Waals surface area contributed by atoms with E-state index in [1.807, 2.05) is 19.4 Å². The molecular formula is C12H10N2S. The van der Waals surface area contributed by atoms with Gasteiger partial charge in [0.15, 0.2) is 0 Å². The fraction of sp³-hybridized carbons (Fsp3) is 0.167. The predicted octanol–water partition coefficient (Wildman–Crippen LogP) is 3.42. The van der Waals surface area contributed by atoms with Crippen molar-refractivity contribution in [3.05, 3.63) is 29.8 Å². The van der Waals surface area contributed by atoms with Crippen molar-refractivity contribution in [2.45, 2.75) is 13.0 Å². The summed E-state index contributed by atoms with van der Waals surface area (Å²) in [6.45, 7) is 2.04. The van der Waals surface area contributed by atoms with Gasteiger partial charge in [-0.3, -0.25) is 4.99 Å². The maximum absolute atomic E-state index is 4.47. The van der Waals surface area contributed by atoms with E-state index in [0.29, 0.717) is 0 Å². The molecule has 0 bridgehead atoms. The normalized spacial score (nSPS) is 19.1. The van der Waals surface area contributed by atoms with Gasteiger partial charge in [0.1, 0.15) is 5.00 Å².